The van der Waals surface area contributed by atoms with E-state index in [2.05, 4.69) is 15.5 Å². The zero-order valence-electron chi connectivity index (χ0n) is 10.8. The fraction of sp³-hybridized carbons (Fsp3) is 0.462. The van der Waals surface area contributed by atoms with Crippen LogP contribution in [0.15, 0.2) is 18.2 Å². The molecule has 1 aromatic rings. The molecular formula is C13H19ClN4O. The number of rotatable bonds is 5. The molecule has 2 rings (SSSR count). The Kier molecular flexibility index (Phi) is 5.01. The van der Waals surface area contributed by atoms with Gasteiger partial charge < -0.3 is 16.4 Å². The zero-order valence-corrected chi connectivity index (χ0v) is 11.5. The third kappa shape index (κ3) is 4.09. The molecule has 0 unspecified atom stereocenters. The van der Waals surface area contributed by atoms with E-state index in [9.17, 15) is 4.79 Å². The van der Waals surface area contributed by atoms with Crippen molar-refractivity contribution in [1.82, 2.24) is 10.2 Å². The highest BCUT2D eigenvalue weighted by molar-refractivity contribution is 6.31. The van der Waals surface area contributed by atoms with Gasteiger partial charge in [-0.25, -0.2) is 0 Å². The second-order valence-electron chi connectivity index (χ2n) is 4.57. The second kappa shape index (κ2) is 6.75. The lowest BCUT2D eigenvalue weighted by Gasteiger charge is -2.27. The fourth-order valence-corrected chi connectivity index (χ4v) is 2.33. The van der Waals surface area contributed by atoms with Gasteiger partial charge in [0.25, 0.3) is 5.91 Å². The quantitative estimate of drug-likeness (QED) is 0.746. The summed E-state index contributed by atoms with van der Waals surface area (Å²) in [7, 11) is 0. The normalized spacial score (nSPS) is 16.3. The minimum Gasteiger partial charge on any atom is -0.383 e. The number of amides is 1. The first kappa shape index (κ1) is 14.1. The molecule has 5 nitrogen and oxygen atoms in total. The predicted octanol–water partition coefficient (Wildman–Crippen LogP) is 0.756. The van der Waals surface area contributed by atoms with Crippen LogP contribution < -0.4 is 16.4 Å². The summed E-state index contributed by atoms with van der Waals surface area (Å²) in [4.78, 5) is 13.7. The second-order valence-corrected chi connectivity index (χ2v) is 5.01. The van der Waals surface area contributed by atoms with E-state index in [1.54, 1.807) is 18.2 Å². The van der Waals surface area contributed by atoms with Crippen molar-refractivity contribution in [3.8, 4) is 0 Å². The van der Waals surface area contributed by atoms with E-state index in [0.717, 1.165) is 45.0 Å². The van der Waals surface area contributed by atoms with Gasteiger partial charge in [-0.1, -0.05) is 11.6 Å². The van der Waals surface area contributed by atoms with Crippen LogP contribution in [-0.4, -0.2) is 50.1 Å². The highest BCUT2D eigenvalue weighted by Crippen LogP contribution is 2.20. The molecule has 1 amide bonds. The Morgan fingerprint density at radius 2 is 2.16 bits per heavy atom. The Hall–Kier alpha value is -1.30. The van der Waals surface area contributed by atoms with Gasteiger partial charge in [-0.15, -0.1) is 0 Å². The van der Waals surface area contributed by atoms with Crippen molar-refractivity contribution in [2.75, 3.05) is 44.6 Å². The molecule has 1 aliphatic heterocycles. The van der Waals surface area contributed by atoms with E-state index < -0.39 is 5.91 Å². The van der Waals surface area contributed by atoms with Crippen LogP contribution in [0.1, 0.15) is 10.4 Å². The average molecular weight is 283 g/mol. The van der Waals surface area contributed by atoms with E-state index >= 15 is 0 Å². The van der Waals surface area contributed by atoms with Crippen LogP contribution in [0.2, 0.25) is 5.02 Å². The molecule has 0 spiro atoms. The monoisotopic (exact) mass is 282 g/mol. The summed E-state index contributed by atoms with van der Waals surface area (Å²) in [6, 6.07) is 5.14. The number of nitrogens with one attached hydrogen (secondary N) is 2. The van der Waals surface area contributed by atoms with Crippen LogP contribution in [0.3, 0.4) is 0 Å². The molecule has 0 atom stereocenters. The number of hydrogen-bond donors (Lipinski definition) is 3. The average Bonchev–Trinajstić information content (AvgIpc) is 2.41. The summed E-state index contributed by atoms with van der Waals surface area (Å²) >= 11 is 5.87. The summed E-state index contributed by atoms with van der Waals surface area (Å²) < 4.78 is 0. The Morgan fingerprint density at radius 3 is 2.84 bits per heavy atom. The summed E-state index contributed by atoms with van der Waals surface area (Å²) in [5.41, 5.74) is 6.52. The third-order valence-corrected chi connectivity index (χ3v) is 3.44. The lowest BCUT2D eigenvalue weighted by atomic mass is 10.1. The maximum absolute atomic E-state index is 11.3. The standard InChI is InChI=1S/C13H19ClN4O/c14-10-1-2-12(11(9-10)13(15)19)17-5-8-18-6-3-16-4-7-18/h1-2,9,16-17H,3-8H2,(H2,15,19). The molecule has 0 bridgehead atoms. The predicted molar refractivity (Wildman–Crippen MR) is 77.8 cm³/mol. The van der Waals surface area contributed by atoms with Crippen molar-refractivity contribution in [3.63, 3.8) is 0 Å². The molecule has 104 valence electrons. The van der Waals surface area contributed by atoms with E-state index in [1.807, 2.05) is 0 Å². The van der Waals surface area contributed by atoms with Crippen LogP contribution >= 0.6 is 11.6 Å². The van der Waals surface area contributed by atoms with Gasteiger partial charge in [-0.2, -0.15) is 0 Å². The summed E-state index contributed by atoms with van der Waals surface area (Å²) in [6.45, 7) is 5.92. The number of carbonyl (C=O) groups is 1. The first-order valence-electron chi connectivity index (χ1n) is 6.43. The topological polar surface area (TPSA) is 70.4 Å². The molecule has 0 aromatic heterocycles. The summed E-state index contributed by atoms with van der Waals surface area (Å²) in [6.07, 6.45) is 0. The fourth-order valence-electron chi connectivity index (χ4n) is 2.16. The number of primary amides is 1. The molecular weight excluding hydrogens is 264 g/mol. The number of carbonyl (C=O) groups excluding carboxylic acids is 1. The first-order valence-corrected chi connectivity index (χ1v) is 6.81. The van der Waals surface area contributed by atoms with E-state index in [-0.39, 0.29) is 0 Å². The first-order chi connectivity index (χ1) is 9.16. The molecule has 0 radical (unpaired) electrons. The van der Waals surface area contributed by atoms with Crippen molar-refractivity contribution < 1.29 is 4.79 Å². The largest absolute Gasteiger partial charge is 0.383 e. The van der Waals surface area contributed by atoms with Gasteiger partial charge in [0.2, 0.25) is 0 Å². The molecule has 1 fully saturated rings. The smallest absolute Gasteiger partial charge is 0.250 e. The minimum atomic E-state index is -0.466. The minimum absolute atomic E-state index is 0.438. The van der Waals surface area contributed by atoms with Gasteiger partial charge in [-0.05, 0) is 18.2 Å². The van der Waals surface area contributed by atoms with Gasteiger partial charge >= 0.3 is 0 Å². The molecule has 19 heavy (non-hydrogen) atoms. The number of nitrogens with two attached hydrogens (primary N) is 1. The maximum Gasteiger partial charge on any atom is 0.250 e. The summed E-state index contributed by atoms with van der Waals surface area (Å²) in [5.74, 6) is -0.466. The van der Waals surface area contributed by atoms with E-state index in [4.69, 9.17) is 17.3 Å². The Bertz CT molecular complexity index is 446. The van der Waals surface area contributed by atoms with Crippen molar-refractivity contribution in [3.05, 3.63) is 28.8 Å². The highest BCUT2D eigenvalue weighted by Gasteiger charge is 2.11. The Morgan fingerprint density at radius 1 is 1.42 bits per heavy atom. The molecule has 1 heterocycles. The number of benzene rings is 1. The zero-order chi connectivity index (χ0) is 13.7. The molecule has 6 heteroatoms. The number of piperazine rings is 1. The molecule has 4 N–H and O–H groups in total. The number of hydrogen-bond acceptors (Lipinski definition) is 4. The Balaban J connectivity index is 1.89. The van der Waals surface area contributed by atoms with Crippen LogP contribution in [-0.2, 0) is 0 Å². The molecule has 1 aromatic carbocycles. The van der Waals surface area contributed by atoms with Gasteiger partial charge in [0, 0.05) is 50.0 Å². The van der Waals surface area contributed by atoms with Crippen molar-refractivity contribution in [2.24, 2.45) is 5.73 Å². The van der Waals surface area contributed by atoms with Crippen LogP contribution in [0.4, 0.5) is 5.69 Å². The van der Waals surface area contributed by atoms with Crippen molar-refractivity contribution in [2.45, 2.75) is 0 Å². The third-order valence-electron chi connectivity index (χ3n) is 3.20. The lowest BCUT2D eigenvalue weighted by Crippen LogP contribution is -2.45. The lowest BCUT2D eigenvalue weighted by molar-refractivity contribution is 0.100. The molecule has 1 aliphatic rings. The summed E-state index contributed by atoms with van der Waals surface area (Å²) in [5, 5.41) is 7.08. The van der Waals surface area contributed by atoms with E-state index in [1.165, 1.54) is 0 Å². The highest BCUT2D eigenvalue weighted by atomic mass is 35.5. The molecule has 0 saturated carbocycles. The molecule has 0 aliphatic carbocycles. The van der Waals surface area contributed by atoms with Crippen LogP contribution in [0.25, 0.3) is 0 Å². The number of nitrogens with zero attached hydrogens (tertiary/aromatic N) is 1. The molecule has 1 saturated heterocycles. The van der Waals surface area contributed by atoms with E-state index in [0.29, 0.717) is 10.6 Å². The number of anilines is 1. The van der Waals surface area contributed by atoms with Crippen LogP contribution in [0, 0.1) is 0 Å². The number of halogens is 1. The van der Waals surface area contributed by atoms with Crippen molar-refractivity contribution in [1.29, 1.82) is 0 Å². The van der Waals surface area contributed by atoms with Gasteiger partial charge in [-0.3, -0.25) is 9.69 Å². The van der Waals surface area contributed by atoms with Gasteiger partial charge in [0.1, 0.15) is 0 Å². The Labute approximate surface area is 118 Å². The SMILES string of the molecule is NC(=O)c1cc(Cl)ccc1NCCN1CCNCC1. The van der Waals surface area contributed by atoms with Gasteiger partial charge in [0.15, 0.2) is 0 Å². The van der Waals surface area contributed by atoms with Crippen LogP contribution in [0.5, 0.6) is 0 Å². The van der Waals surface area contributed by atoms with Gasteiger partial charge in [0.05, 0.1) is 5.56 Å². The van der Waals surface area contributed by atoms with Crippen molar-refractivity contribution >= 4 is 23.2 Å². The maximum atomic E-state index is 11.3.